The van der Waals surface area contributed by atoms with Crippen molar-refractivity contribution < 1.29 is 5.11 Å². The standard InChI is InChI=1S/C10H15N.C3H8O/c1-2-11-9-8-10-6-4-3-5-7-10;1-2-3-4/h3-7,11H,2,8-9H2,1H3;4H,2-3H2,1H3. The van der Waals surface area contributed by atoms with Gasteiger partial charge in [0.25, 0.3) is 0 Å². The molecular weight excluding hydrogens is 186 g/mol. The molecule has 2 N–H and O–H groups in total. The third-order valence-electron chi connectivity index (χ3n) is 1.91. The van der Waals surface area contributed by atoms with Crippen LogP contribution in [-0.4, -0.2) is 24.8 Å². The summed E-state index contributed by atoms with van der Waals surface area (Å²) in [4.78, 5) is 0. The van der Waals surface area contributed by atoms with E-state index in [1.54, 1.807) is 0 Å². The Morgan fingerprint density at radius 2 is 1.73 bits per heavy atom. The van der Waals surface area contributed by atoms with Crippen molar-refractivity contribution in [2.45, 2.75) is 26.7 Å². The van der Waals surface area contributed by atoms with Crippen LogP contribution in [0.25, 0.3) is 0 Å². The van der Waals surface area contributed by atoms with Gasteiger partial charge in [0.1, 0.15) is 0 Å². The van der Waals surface area contributed by atoms with Crippen molar-refractivity contribution in [3.63, 3.8) is 0 Å². The number of hydrogen-bond acceptors (Lipinski definition) is 2. The summed E-state index contributed by atoms with van der Waals surface area (Å²) in [6.07, 6.45) is 2.01. The molecule has 0 aliphatic carbocycles. The first-order valence-corrected chi connectivity index (χ1v) is 5.70. The fourth-order valence-corrected chi connectivity index (χ4v) is 1.05. The van der Waals surface area contributed by atoms with Crippen LogP contribution in [0.1, 0.15) is 25.8 Å². The minimum absolute atomic E-state index is 0.319. The Bertz CT molecular complexity index is 209. The molecule has 2 nitrogen and oxygen atoms in total. The maximum absolute atomic E-state index is 7.88. The van der Waals surface area contributed by atoms with E-state index in [1.165, 1.54) is 5.56 Å². The van der Waals surface area contributed by atoms with E-state index in [9.17, 15) is 0 Å². The SMILES string of the molecule is CCCO.CCNCCc1ccccc1. The highest BCUT2D eigenvalue weighted by molar-refractivity contribution is 5.14. The van der Waals surface area contributed by atoms with Crippen molar-refractivity contribution in [3.8, 4) is 0 Å². The van der Waals surface area contributed by atoms with Crippen LogP contribution in [0.15, 0.2) is 30.3 Å². The van der Waals surface area contributed by atoms with E-state index >= 15 is 0 Å². The molecule has 0 aliphatic rings. The van der Waals surface area contributed by atoms with Crippen LogP contribution in [0.2, 0.25) is 0 Å². The molecule has 0 heterocycles. The molecule has 0 saturated carbocycles. The molecular formula is C13H23NO. The summed E-state index contributed by atoms with van der Waals surface area (Å²) in [6.45, 7) is 6.53. The zero-order valence-electron chi connectivity index (χ0n) is 9.87. The van der Waals surface area contributed by atoms with Crippen molar-refractivity contribution in [1.29, 1.82) is 0 Å². The van der Waals surface area contributed by atoms with E-state index < -0.39 is 0 Å². The average Bonchev–Trinajstić information content (AvgIpc) is 2.31. The van der Waals surface area contributed by atoms with E-state index in [0.717, 1.165) is 25.9 Å². The molecule has 0 saturated heterocycles. The molecule has 15 heavy (non-hydrogen) atoms. The second-order valence-corrected chi connectivity index (χ2v) is 3.31. The molecule has 0 aliphatic heterocycles. The highest BCUT2D eigenvalue weighted by Crippen LogP contribution is 1.97. The smallest absolute Gasteiger partial charge is 0.0428 e. The van der Waals surface area contributed by atoms with Crippen LogP contribution in [0.4, 0.5) is 0 Å². The van der Waals surface area contributed by atoms with Gasteiger partial charge in [-0.15, -0.1) is 0 Å². The third-order valence-corrected chi connectivity index (χ3v) is 1.91. The summed E-state index contributed by atoms with van der Waals surface area (Å²) < 4.78 is 0. The van der Waals surface area contributed by atoms with Gasteiger partial charge < -0.3 is 10.4 Å². The van der Waals surface area contributed by atoms with Gasteiger partial charge in [-0.3, -0.25) is 0 Å². The molecule has 0 amide bonds. The van der Waals surface area contributed by atoms with Crippen LogP contribution < -0.4 is 5.32 Å². The van der Waals surface area contributed by atoms with Gasteiger partial charge in [-0.05, 0) is 31.5 Å². The van der Waals surface area contributed by atoms with Gasteiger partial charge >= 0.3 is 0 Å². The summed E-state index contributed by atoms with van der Waals surface area (Å²) in [5, 5.41) is 11.2. The molecule has 0 spiro atoms. The van der Waals surface area contributed by atoms with Crippen molar-refractivity contribution in [2.75, 3.05) is 19.7 Å². The molecule has 0 bridgehead atoms. The zero-order chi connectivity index (χ0) is 11.4. The van der Waals surface area contributed by atoms with Gasteiger partial charge in [-0.2, -0.15) is 0 Å². The van der Waals surface area contributed by atoms with Gasteiger partial charge in [0.05, 0.1) is 0 Å². The van der Waals surface area contributed by atoms with Crippen LogP contribution in [0, 0.1) is 0 Å². The summed E-state index contributed by atoms with van der Waals surface area (Å²) in [6, 6.07) is 10.5. The zero-order valence-corrected chi connectivity index (χ0v) is 9.87. The monoisotopic (exact) mass is 209 g/mol. The van der Waals surface area contributed by atoms with E-state index in [-0.39, 0.29) is 0 Å². The van der Waals surface area contributed by atoms with Crippen LogP contribution in [-0.2, 0) is 6.42 Å². The predicted octanol–water partition coefficient (Wildman–Crippen LogP) is 2.23. The number of likely N-dealkylation sites (N-methyl/N-ethyl adjacent to an activating group) is 1. The lowest BCUT2D eigenvalue weighted by Crippen LogP contribution is -2.15. The molecule has 0 radical (unpaired) electrons. The first-order valence-electron chi connectivity index (χ1n) is 5.70. The van der Waals surface area contributed by atoms with Gasteiger partial charge in [0.15, 0.2) is 0 Å². The first kappa shape index (κ1) is 14.1. The Balaban J connectivity index is 0.000000423. The lowest BCUT2D eigenvalue weighted by atomic mass is 10.1. The van der Waals surface area contributed by atoms with E-state index in [0.29, 0.717) is 6.61 Å². The predicted molar refractivity (Wildman–Crippen MR) is 66.1 cm³/mol. The Hall–Kier alpha value is -0.860. The Morgan fingerprint density at radius 3 is 2.20 bits per heavy atom. The molecule has 2 heteroatoms. The average molecular weight is 209 g/mol. The minimum atomic E-state index is 0.319. The van der Waals surface area contributed by atoms with Gasteiger partial charge in [-0.1, -0.05) is 44.2 Å². The van der Waals surface area contributed by atoms with E-state index in [1.807, 2.05) is 6.92 Å². The Kier molecular flexibility index (Phi) is 10.6. The maximum atomic E-state index is 7.88. The van der Waals surface area contributed by atoms with Gasteiger partial charge in [-0.25, -0.2) is 0 Å². The molecule has 1 aromatic rings. The second kappa shape index (κ2) is 11.2. The summed E-state index contributed by atoms with van der Waals surface area (Å²) >= 11 is 0. The van der Waals surface area contributed by atoms with Gasteiger partial charge in [0, 0.05) is 6.61 Å². The maximum Gasteiger partial charge on any atom is 0.0428 e. The molecule has 86 valence electrons. The first-order chi connectivity index (χ1) is 7.35. The van der Waals surface area contributed by atoms with Crippen molar-refractivity contribution in [2.24, 2.45) is 0 Å². The third kappa shape index (κ3) is 9.44. The molecule has 0 atom stereocenters. The lowest BCUT2D eigenvalue weighted by molar-refractivity contribution is 0.295. The molecule has 1 rings (SSSR count). The van der Waals surface area contributed by atoms with Gasteiger partial charge in [0.2, 0.25) is 0 Å². The number of hydrogen-bond donors (Lipinski definition) is 2. The Morgan fingerprint density at radius 1 is 1.13 bits per heavy atom. The number of aliphatic hydroxyl groups excluding tert-OH is 1. The molecule has 0 aromatic heterocycles. The topological polar surface area (TPSA) is 32.3 Å². The fraction of sp³-hybridized carbons (Fsp3) is 0.538. The lowest BCUT2D eigenvalue weighted by Gasteiger charge is -2.00. The van der Waals surface area contributed by atoms with E-state index in [4.69, 9.17) is 5.11 Å². The van der Waals surface area contributed by atoms with Crippen LogP contribution >= 0.6 is 0 Å². The number of rotatable bonds is 5. The largest absolute Gasteiger partial charge is 0.396 e. The van der Waals surface area contributed by atoms with E-state index in [2.05, 4.69) is 42.6 Å². The molecule has 0 unspecified atom stereocenters. The summed E-state index contributed by atoms with van der Waals surface area (Å²) in [5.74, 6) is 0. The molecule has 0 fully saturated rings. The fourth-order valence-electron chi connectivity index (χ4n) is 1.05. The van der Waals surface area contributed by atoms with Crippen molar-refractivity contribution >= 4 is 0 Å². The Labute approximate surface area is 93.3 Å². The number of benzene rings is 1. The number of nitrogens with one attached hydrogen (secondary N) is 1. The molecule has 1 aromatic carbocycles. The second-order valence-electron chi connectivity index (χ2n) is 3.31. The summed E-state index contributed by atoms with van der Waals surface area (Å²) in [5.41, 5.74) is 1.41. The van der Waals surface area contributed by atoms with Crippen molar-refractivity contribution in [1.82, 2.24) is 5.32 Å². The quantitative estimate of drug-likeness (QED) is 0.729. The summed E-state index contributed by atoms with van der Waals surface area (Å²) in [7, 11) is 0. The normalized spacial score (nSPS) is 9.27. The van der Waals surface area contributed by atoms with Crippen LogP contribution in [0.3, 0.4) is 0 Å². The highest BCUT2D eigenvalue weighted by Gasteiger charge is 1.88. The van der Waals surface area contributed by atoms with Crippen molar-refractivity contribution in [3.05, 3.63) is 35.9 Å². The number of aliphatic hydroxyl groups is 1. The minimum Gasteiger partial charge on any atom is -0.396 e. The highest BCUT2D eigenvalue weighted by atomic mass is 16.2. The van der Waals surface area contributed by atoms with Crippen LogP contribution in [0.5, 0.6) is 0 Å².